The molecule has 0 unspecified atom stereocenters. The van der Waals surface area contributed by atoms with Gasteiger partial charge in [-0.05, 0) is 13.5 Å². The van der Waals surface area contributed by atoms with E-state index in [-0.39, 0.29) is 0 Å². The van der Waals surface area contributed by atoms with Gasteiger partial charge in [-0.3, -0.25) is 0 Å². The smallest absolute Gasteiger partial charge is 0.235 e. The van der Waals surface area contributed by atoms with Crippen LogP contribution in [0, 0.1) is 0 Å². The van der Waals surface area contributed by atoms with Crippen molar-refractivity contribution in [1.82, 2.24) is 0 Å². The highest BCUT2D eigenvalue weighted by atomic mass is 28.3. The van der Waals surface area contributed by atoms with Crippen molar-refractivity contribution >= 4 is 9.04 Å². The van der Waals surface area contributed by atoms with Gasteiger partial charge in [-0.25, -0.2) is 0 Å². The van der Waals surface area contributed by atoms with Gasteiger partial charge in [-0.15, -0.1) is 6.58 Å². The van der Waals surface area contributed by atoms with Crippen molar-refractivity contribution in [1.29, 1.82) is 0 Å². The monoisotopic (exact) mass is 159 g/mol. The van der Waals surface area contributed by atoms with Crippen molar-refractivity contribution < 1.29 is 9.16 Å². The van der Waals surface area contributed by atoms with E-state index in [4.69, 9.17) is 9.16 Å². The molecule has 0 rings (SSSR count). The molecule has 0 bridgehead atoms. The van der Waals surface area contributed by atoms with Gasteiger partial charge in [0.05, 0.1) is 13.2 Å². The second-order valence-corrected chi connectivity index (χ2v) is 3.78. The third-order valence-electron chi connectivity index (χ3n) is 1.05. The Hall–Kier alpha value is -0.123. The molecule has 0 saturated carbocycles. The lowest BCUT2D eigenvalue weighted by Gasteiger charge is -2.05. The van der Waals surface area contributed by atoms with Crippen LogP contribution in [0.4, 0.5) is 0 Å². The molecule has 0 atom stereocenters. The summed E-state index contributed by atoms with van der Waals surface area (Å²) in [6.45, 7) is 9.84. The van der Waals surface area contributed by atoms with E-state index in [0.29, 0.717) is 13.2 Å². The van der Waals surface area contributed by atoms with E-state index in [9.17, 15) is 0 Å². The van der Waals surface area contributed by atoms with Gasteiger partial charge in [0.25, 0.3) is 0 Å². The molecule has 0 spiro atoms. The van der Waals surface area contributed by atoms with Crippen molar-refractivity contribution in [2.24, 2.45) is 0 Å². The summed E-state index contributed by atoms with van der Waals surface area (Å²) < 4.78 is 10.4. The van der Waals surface area contributed by atoms with Crippen molar-refractivity contribution in [3.63, 3.8) is 0 Å². The maximum Gasteiger partial charge on any atom is 0.235 e. The molecule has 0 aromatic heterocycles. The minimum absolute atomic E-state index is 0.699. The van der Waals surface area contributed by atoms with Crippen LogP contribution in [0.2, 0.25) is 6.55 Å². The van der Waals surface area contributed by atoms with Crippen LogP contribution in [0.1, 0.15) is 6.92 Å². The van der Waals surface area contributed by atoms with Crippen LogP contribution in [-0.4, -0.2) is 28.9 Å². The van der Waals surface area contributed by atoms with E-state index in [1.807, 2.05) is 12.6 Å². The Balaban J connectivity index is 2.95. The predicted octanol–water partition coefficient (Wildman–Crippen LogP) is 1.39. The number of rotatable bonds is 6. The summed E-state index contributed by atoms with van der Waals surface area (Å²) in [6.07, 6.45) is 0. The summed E-state index contributed by atoms with van der Waals surface area (Å²) in [5.74, 6) is 0. The first-order valence-electron chi connectivity index (χ1n) is 3.47. The van der Waals surface area contributed by atoms with Crippen LogP contribution in [0.3, 0.4) is 0 Å². The Morgan fingerprint density at radius 1 is 1.50 bits per heavy atom. The van der Waals surface area contributed by atoms with Crippen LogP contribution in [0.25, 0.3) is 0 Å². The van der Waals surface area contributed by atoms with E-state index < -0.39 is 9.04 Å². The first-order chi connectivity index (χ1) is 4.81. The second-order valence-electron chi connectivity index (χ2n) is 1.86. The fourth-order valence-corrected chi connectivity index (χ4v) is 0.988. The van der Waals surface area contributed by atoms with Crippen molar-refractivity contribution in [3.05, 3.63) is 12.3 Å². The average molecular weight is 159 g/mol. The molecule has 59 valence electrons. The van der Waals surface area contributed by atoms with Gasteiger partial charge in [0, 0.05) is 6.61 Å². The zero-order chi connectivity index (χ0) is 7.82. The Morgan fingerprint density at radius 2 is 2.20 bits per heavy atom. The molecule has 0 aromatic rings. The SMILES string of the molecule is C=C[Si](C)OCCOCC. The lowest BCUT2D eigenvalue weighted by Crippen LogP contribution is -2.14. The minimum atomic E-state index is -0.726. The third-order valence-corrected chi connectivity index (χ3v) is 2.28. The van der Waals surface area contributed by atoms with Gasteiger partial charge in [0.15, 0.2) is 0 Å². The molecule has 0 heterocycles. The highest BCUT2D eigenvalue weighted by molar-refractivity contribution is 6.55. The fourth-order valence-electron chi connectivity index (χ4n) is 0.465. The molecule has 0 aromatic carbocycles. The zero-order valence-electron chi connectivity index (χ0n) is 6.72. The lowest BCUT2D eigenvalue weighted by atomic mass is 10.8. The van der Waals surface area contributed by atoms with E-state index >= 15 is 0 Å². The number of ether oxygens (including phenoxy) is 1. The first kappa shape index (κ1) is 9.88. The van der Waals surface area contributed by atoms with Gasteiger partial charge in [0.2, 0.25) is 9.04 Å². The average Bonchev–Trinajstić information content (AvgIpc) is 1.98. The van der Waals surface area contributed by atoms with Gasteiger partial charge in [-0.2, -0.15) is 0 Å². The second kappa shape index (κ2) is 6.99. The van der Waals surface area contributed by atoms with E-state index in [2.05, 4.69) is 13.1 Å². The summed E-state index contributed by atoms with van der Waals surface area (Å²) in [7, 11) is -0.726. The van der Waals surface area contributed by atoms with Gasteiger partial charge in [0.1, 0.15) is 0 Å². The maximum absolute atomic E-state index is 5.35. The molecule has 0 aliphatic carbocycles. The minimum Gasteiger partial charge on any atom is -0.410 e. The number of hydrogen-bond donors (Lipinski definition) is 0. The van der Waals surface area contributed by atoms with Gasteiger partial charge >= 0.3 is 0 Å². The highest BCUT2D eigenvalue weighted by Crippen LogP contribution is 1.85. The molecule has 0 N–H and O–H groups in total. The van der Waals surface area contributed by atoms with Crippen LogP contribution in [0.15, 0.2) is 12.3 Å². The molecule has 0 aliphatic heterocycles. The van der Waals surface area contributed by atoms with E-state index in [1.54, 1.807) is 0 Å². The summed E-state index contributed by atoms with van der Waals surface area (Å²) in [5.41, 5.74) is 1.87. The fraction of sp³-hybridized carbons (Fsp3) is 0.714. The van der Waals surface area contributed by atoms with Crippen LogP contribution >= 0.6 is 0 Å². The molecular weight excluding hydrogens is 144 g/mol. The highest BCUT2D eigenvalue weighted by Gasteiger charge is 1.97. The molecule has 0 saturated heterocycles. The molecule has 0 amide bonds. The van der Waals surface area contributed by atoms with Gasteiger partial charge < -0.3 is 9.16 Å². The molecule has 0 fully saturated rings. The summed E-state index contributed by atoms with van der Waals surface area (Å²) in [5, 5.41) is 0. The molecule has 1 radical (unpaired) electrons. The molecule has 10 heavy (non-hydrogen) atoms. The maximum atomic E-state index is 5.35. The standard InChI is InChI=1S/C7H15O2Si/c1-4-8-6-7-9-10(3)5-2/h5H,2,4,6-7H2,1,3H3. The molecule has 2 nitrogen and oxygen atoms in total. The Labute approximate surface area is 64.6 Å². The van der Waals surface area contributed by atoms with Crippen molar-refractivity contribution in [2.45, 2.75) is 13.5 Å². The Morgan fingerprint density at radius 3 is 2.70 bits per heavy atom. The van der Waals surface area contributed by atoms with E-state index in [1.165, 1.54) is 0 Å². The quantitative estimate of drug-likeness (QED) is 0.430. The van der Waals surface area contributed by atoms with Crippen LogP contribution < -0.4 is 0 Å². The predicted molar refractivity (Wildman–Crippen MR) is 44.3 cm³/mol. The first-order valence-corrected chi connectivity index (χ1v) is 5.46. The van der Waals surface area contributed by atoms with Crippen molar-refractivity contribution in [3.8, 4) is 0 Å². The van der Waals surface area contributed by atoms with Crippen molar-refractivity contribution in [2.75, 3.05) is 19.8 Å². The Kier molecular flexibility index (Phi) is 6.90. The summed E-state index contributed by atoms with van der Waals surface area (Å²) in [4.78, 5) is 0. The molecular formula is C7H15O2Si. The van der Waals surface area contributed by atoms with Gasteiger partial charge in [-0.1, -0.05) is 5.70 Å². The molecule has 3 heteroatoms. The third kappa shape index (κ3) is 6.00. The van der Waals surface area contributed by atoms with Crippen LogP contribution in [-0.2, 0) is 9.16 Å². The number of hydrogen-bond acceptors (Lipinski definition) is 2. The van der Waals surface area contributed by atoms with E-state index in [0.717, 1.165) is 6.61 Å². The largest absolute Gasteiger partial charge is 0.410 e. The topological polar surface area (TPSA) is 18.5 Å². The summed E-state index contributed by atoms with van der Waals surface area (Å²) >= 11 is 0. The lowest BCUT2D eigenvalue weighted by molar-refractivity contribution is 0.110. The normalized spacial score (nSPS) is 10.3. The molecule has 0 aliphatic rings. The van der Waals surface area contributed by atoms with Crippen LogP contribution in [0.5, 0.6) is 0 Å². The Bertz CT molecular complexity index is 85.7. The summed E-state index contributed by atoms with van der Waals surface area (Å²) in [6, 6.07) is 0. The zero-order valence-corrected chi connectivity index (χ0v) is 7.72.